The first-order valence-corrected chi connectivity index (χ1v) is 4.58. The van der Waals surface area contributed by atoms with Crippen molar-refractivity contribution >= 4 is 22.5 Å². The molecule has 0 spiro atoms. The molecule has 2 aromatic rings. The second-order valence-electron chi connectivity index (χ2n) is 2.87. The van der Waals surface area contributed by atoms with Crippen molar-refractivity contribution in [3.05, 3.63) is 35.2 Å². The van der Waals surface area contributed by atoms with Gasteiger partial charge in [-0.1, -0.05) is 24.6 Å². The molecule has 0 amide bonds. The number of benzene rings is 1. The van der Waals surface area contributed by atoms with Crippen molar-refractivity contribution in [1.29, 1.82) is 0 Å². The Kier molecular flexibility index (Phi) is 2.15. The summed E-state index contributed by atoms with van der Waals surface area (Å²) >= 11 is 5.90. The van der Waals surface area contributed by atoms with Crippen molar-refractivity contribution < 1.29 is 0 Å². The molecule has 1 aromatic heterocycles. The summed E-state index contributed by atoms with van der Waals surface area (Å²) in [5.74, 6) is 0. The standard InChI is InChI=1S/C10H9ClN2/c1-2-7-3-4-8-9(5-7)12-6-13-10(8)11/h3-6H,2H2,1H3. The number of aryl methyl sites for hydroxylation is 1. The fraction of sp³-hybridized carbons (Fsp3) is 0.200. The van der Waals surface area contributed by atoms with Gasteiger partial charge in [0.2, 0.25) is 0 Å². The van der Waals surface area contributed by atoms with Crippen molar-refractivity contribution in [1.82, 2.24) is 9.97 Å². The third-order valence-corrected chi connectivity index (χ3v) is 2.36. The van der Waals surface area contributed by atoms with Crippen LogP contribution in [0, 0.1) is 0 Å². The average Bonchev–Trinajstić information content (AvgIpc) is 2.18. The molecule has 13 heavy (non-hydrogen) atoms. The Labute approximate surface area is 81.6 Å². The summed E-state index contributed by atoms with van der Waals surface area (Å²) < 4.78 is 0. The van der Waals surface area contributed by atoms with Gasteiger partial charge in [-0.15, -0.1) is 0 Å². The zero-order valence-corrected chi connectivity index (χ0v) is 8.04. The van der Waals surface area contributed by atoms with E-state index in [9.17, 15) is 0 Å². The van der Waals surface area contributed by atoms with Crippen molar-refractivity contribution in [2.75, 3.05) is 0 Å². The fourth-order valence-corrected chi connectivity index (χ4v) is 1.49. The van der Waals surface area contributed by atoms with Gasteiger partial charge in [-0.3, -0.25) is 0 Å². The Morgan fingerprint density at radius 3 is 2.92 bits per heavy atom. The number of hydrogen-bond donors (Lipinski definition) is 0. The van der Waals surface area contributed by atoms with Crippen LogP contribution in [0.2, 0.25) is 5.15 Å². The maximum atomic E-state index is 5.90. The van der Waals surface area contributed by atoms with E-state index < -0.39 is 0 Å². The molecular formula is C10H9ClN2. The van der Waals surface area contributed by atoms with Gasteiger partial charge in [0.25, 0.3) is 0 Å². The van der Waals surface area contributed by atoms with Crippen LogP contribution in [0.25, 0.3) is 10.9 Å². The molecule has 0 N–H and O–H groups in total. The van der Waals surface area contributed by atoms with Gasteiger partial charge in [0.15, 0.2) is 0 Å². The van der Waals surface area contributed by atoms with Crippen molar-refractivity contribution in [2.24, 2.45) is 0 Å². The van der Waals surface area contributed by atoms with E-state index in [4.69, 9.17) is 11.6 Å². The van der Waals surface area contributed by atoms with Gasteiger partial charge in [-0.05, 0) is 24.1 Å². The molecule has 0 fully saturated rings. The van der Waals surface area contributed by atoms with Gasteiger partial charge in [0.1, 0.15) is 11.5 Å². The second kappa shape index (κ2) is 3.30. The first kappa shape index (κ1) is 8.45. The van der Waals surface area contributed by atoms with Crippen molar-refractivity contribution in [3.63, 3.8) is 0 Å². The van der Waals surface area contributed by atoms with E-state index in [0.29, 0.717) is 5.15 Å². The molecule has 66 valence electrons. The quantitative estimate of drug-likeness (QED) is 0.650. The second-order valence-corrected chi connectivity index (χ2v) is 3.23. The monoisotopic (exact) mass is 192 g/mol. The number of aromatic nitrogens is 2. The van der Waals surface area contributed by atoms with Gasteiger partial charge < -0.3 is 0 Å². The molecule has 0 saturated carbocycles. The SMILES string of the molecule is CCc1ccc2c(Cl)ncnc2c1. The van der Waals surface area contributed by atoms with Crippen molar-refractivity contribution in [3.8, 4) is 0 Å². The molecule has 2 rings (SSSR count). The summed E-state index contributed by atoms with van der Waals surface area (Å²) in [5, 5.41) is 1.44. The fourth-order valence-electron chi connectivity index (χ4n) is 1.29. The Morgan fingerprint density at radius 2 is 2.15 bits per heavy atom. The molecule has 1 heterocycles. The molecule has 0 atom stereocenters. The van der Waals surface area contributed by atoms with E-state index in [1.165, 1.54) is 11.9 Å². The Balaban J connectivity index is 2.72. The highest BCUT2D eigenvalue weighted by Crippen LogP contribution is 2.19. The Hall–Kier alpha value is -1.15. The smallest absolute Gasteiger partial charge is 0.140 e. The number of halogens is 1. The Morgan fingerprint density at radius 1 is 1.31 bits per heavy atom. The molecule has 0 aliphatic rings. The highest BCUT2D eigenvalue weighted by molar-refractivity contribution is 6.33. The molecule has 0 radical (unpaired) electrons. The molecule has 0 bridgehead atoms. The minimum atomic E-state index is 0.521. The number of hydrogen-bond acceptors (Lipinski definition) is 2. The molecule has 0 aliphatic carbocycles. The van der Waals surface area contributed by atoms with Gasteiger partial charge in [-0.25, -0.2) is 9.97 Å². The minimum Gasteiger partial charge on any atom is -0.236 e. The summed E-state index contributed by atoms with van der Waals surface area (Å²) in [4.78, 5) is 8.07. The lowest BCUT2D eigenvalue weighted by atomic mass is 10.1. The molecule has 0 aliphatic heterocycles. The predicted octanol–water partition coefficient (Wildman–Crippen LogP) is 2.85. The lowest BCUT2D eigenvalue weighted by Gasteiger charge is -2.00. The van der Waals surface area contributed by atoms with E-state index in [-0.39, 0.29) is 0 Å². The van der Waals surface area contributed by atoms with Gasteiger partial charge in [0, 0.05) is 5.39 Å². The van der Waals surface area contributed by atoms with E-state index in [1.54, 1.807) is 0 Å². The molecule has 0 unspecified atom stereocenters. The van der Waals surface area contributed by atoms with Crippen LogP contribution < -0.4 is 0 Å². The highest BCUT2D eigenvalue weighted by Gasteiger charge is 2.00. The van der Waals surface area contributed by atoms with Crippen LogP contribution in [0.3, 0.4) is 0 Å². The van der Waals surface area contributed by atoms with Crippen LogP contribution in [0.5, 0.6) is 0 Å². The topological polar surface area (TPSA) is 25.8 Å². The molecule has 3 heteroatoms. The van der Waals surface area contributed by atoms with E-state index in [2.05, 4.69) is 23.0 Å². The largest absolute Gasteiger partial charge is 0.236 e. The molecule has 1 aromatic carbocycles. The van der Waals surface area contributed by atoms with Gasteiger partial charge in [0.05, 0.1) is 5.52 Å². The minimum absolute atomic E-state index is 0.521. The highest BCUT2D eigenvalue weighted by atomic mass is 35.5. The zero-order chi connectivity index (χ0) is 9.26. The third kappa shape index (κ3) is 1.49. The number of fused-ring (bicyclic) bond motifs is 1. The Bertz CT molecular complexity index is 440. The van der Waals surface area contributed by atoms with Crippen LogP contribution >= 0.6 is 11.6 Å². The maximum absolute atomic E-state index is 5.90. The summed E-state index contributed by atoms with van der Waals surface area (Å²) in [7, 11) is 0. The molecule has 0 saturated heterocycles. The van der Waals surface area contributed by atoms with Crippen LogP contribution in [-0.2, 0) is 6.42 Å². The number of nitrogens with zero attached hydrogens (tertiary/aromatic N) is 2. The predicted molar refractivity (Wildman–Crippen MR) is 53.9 cm³/mol. The summed E-state index contributed by atoms with van der Waals surface area (Å²) in [6.07, 6.45) is 2.50. The van der Waals surface area contributed by atoms with E-state index in [1.807, 2.05) is 12.1 Å². The summed E-state index contributed by atoms with van der Waals surface area (Å²) in [6, 6.07) is 6.07. The first-order chi connectivity index (χ1) is 6.31. The lowest BCUT2D eigenvalue weighted by molar-refractivity contribution is 1.14. The third-order valence-electron chi connectivity index (χ3n) is 2.06. The summed E-state index contributed by atoms with van der Waals surface area (Å²) in [6.45, 7) is 2.12. The molecular weight excluding hydrogens is 184 g/mol. The van der Waals surface area contributed by atoms with E-state index in [0.717, 1.165) is 17.3 Å². The first-order valence-electron chi connectivity index (χ1n) is 4.20. The van der Waals surface area contributed by atoms with Gasteiger partial charge >= 0.3 is 0 Å². The normalized spacial score (nSPS) is 10.6. The van der Waals surface area contributed by atoms with E-state index >= 15 is 0 Å². The zero-order valence-electron chi connectivity index (χ0n) is 7.29. The summed E-state index contributed by atoms with van der Waals surface area (Å²) in [5.41, 5.74) is 2.18. The van der Waals surface area contributed by atoms with Crippen LogP contribution in [0.15, 0.2) is 24.5 Å². The maximum Gasteiger partial charge on any atom is 0.140 e. The van der Waals surface area contributed by atoms with Gasteiger partial charge in [-0.2, -0.15) is 0 Å². The van der Waals surface area contributed by atoms with Crippen molar-refractivity contribution in [2.45, 2.75) is 13.3 Å². The number of rotatable bonds is 1. The lowest BCUT2D eigenvalue weighted by Crippen LogP contribution is -1.86. The molecule has 2 nitrogen and oxygen atoms in total. The van der Waals surface area contributed by atoms with Crippen LogP contribution in [0.4, 0.5) is 0 Å². The van der Waals surface area contributed by atoms with Crippen LogP contribution in [0.1, 0.15) is 12.5 Å². The van der Waals surface area contributed by atoms with Crippen LogP contribution in [-0.4, -0.2) is 9.97 Å². The average molecular weight is 193 g/mol.